The van der Waals surface area contributed by atoms with Gasteiger partial charge in [-0.15, -0.1) is 0 Å². The van der Waals surface area contributed by atoms with E-state index in [2.05, 4.69) is 16.3 Å². The van der Waals surface area contributed by atoms with Crippen molar-refractivity contribution in [1.29, 1.82) is 0 Å². The van der Waals surface area contributed by atoms with Gasteiger partial charge >= 0.3 is 5.82 Å². The van der Waals surface area contributed by atoms with E-state index in [1.807, 2.05) is 0 Å². The number of nitrogens with one attached hydrogen (secondary N) is 1. The number of hydrogen-bond acceptors (Lipinski definition) is 5. The van der Waals surface area contributed by atoms with Crippen LogP contribution in [0, 0.1) is 10.1 Å². The number of nitro groups is 1. The molecule has 0 aromatic carbocycles. The molecule has 1 amide bonds. The second kappa shape index (κ2) is 4.75. The maximum atomic E-state index is 10.9. The van der Waals surface area contributed by atoms with E-state index < -0.39 is 4.92 Å². The number of amides is 1. The Bertz CT molecular complexity index is 390. The van der Waals surface area contributed by atoms with Gasteiger partial charge in [0.1, 0.15) is 0 Å². The van der Waals surface area contributed by atoms with Crippen molar-refractivity contribution >= 4 is 23.5 Å². The van der Waals surface area contributed by atoms with E-state index in [1.54, 1.807) is 7.05 Å². The summed E-state index contributed by atoms with van der Waals surface area (Å²) in [5.74, 6) is 2.74. The summed E-state index contributed by atoms with van der Waals surface area (Å²) < 4.78 is 1.50. The van der Waals surface area contributed by atoms with Crippen molar-refractivity contribution in [2.75, 3.05) is 5.75 Å². The van der Waals surface area contributed by atoms with Crippen LogP contribution in [-0.4, -0.2) is 26.1 Å². The molecule has 0 saturated carbocycles. The Morgan fingerprint density at radius 3 is 3.07 bits per heavy atom. The molecular formula is C6H10N5O3S+. The molecule has 1 rings (SSSR count). The minimum Gasteiger partial charge on any atom is -0.358 e. The van der Waals surface area contributed by atoms with E-state index in [9.17, 15) is 14.9 Å². The number of aromatic nitrogens is 2. The highest BCUT2D eigenvalue weighted by Crippen LogP contribution is 2.26. The van der Waals surface area contributed by atoms with Crippen molar-refractivity contribution in [2.24, 2.45) is 7.05 Å². The third-order valence-electron chi connectivity index (χ3n) is 1.57. The highest BCUT2D eigenvalue weighted by Gasteiger charge is 2.21. The smallest absolute Gasteiger partial charge is 0.358 e. The Morgan fingerprint density at radius 2 is 2.53 bits per heavy atom. The van der Waals surface area contributed by atoms with Gasteiger partial charge in [-0.3, -0.25) is 10.6 Å². The molecule has 0 unspecified atom stereocenters. The predicted molar refractivity (Wildman–Crippen MR) is 51.6 cm³/mol. The number of thioether (sulfide) groups is 1. The predicted octanol–water partition coefficient (Wildman–Crippen LogP) is -1.31. The van der Waals surface area contributed by atoms with Crippen LogP contribution in [0.4, 0.5) is 5.82 Å². The summed E-state index contributed by atoms with van der Waals surface area (Å²) >= 11 is 1.05. The minimum atomic E-state index is -0.579. The topological polar surface area (TPSA) is 118 Å². The van der Waals surface area contributed by atoms with Gasteiger partial charge in [-0.05, 0) is 9.91 Å². The number of aryl methyl sites for hydroxylation is 1. The third kappa shape index (κ3) is 2.67. The van der Waals surface area contributed by atoms with Crippen molar-refractivity contribution < 1.29 is 15.6 Å². The molecule has 1 aromatic heterocycles. The number of carbonyl (C=O) groups is 1. The number of rotatable bonds is 4. The Kier molecular flexibility index (Phi) is 3.63. The molecule has 0 radical (unpaired) electrons. The zero-order valence-corrected chi connectivity index (χ0v) is 8.78. The fraction of sp³-hybridized carbons (Fsp3) is 0.333. The molecule has 9 heteroatoms. The summed E-state index contributed by atoms with van der Waals surface area (Å²) in [7, 11) is 1.63. The summed E-state index contributed by atoms with van der Waals surface area (Å²) in [5.41, 5.74) is 2.19. The normalized spacial score (nSPS) is 10.0. The van der Waals surface area contributed by atoms with Crippen LogP contribution in [0.2, 0.25) is 0 Å². The monoisotopic (exact) mass is 232 g/mol. The van der Waals surface area contributed by atoms with Gasteiger partial charge in [-0.1, -0.05) is 11.8 Å². The van der Waals surface area contributed by atoms with Crippen molar-refractivity contribution in [2.45, 2.75) is 5.03 Å². The van der Waals surface area contributed by atoms with Gasteiger partial charge < -0.3 is 14.7 Å². The number of nitrogens with zero attached hydrogens (tertiary/aromatic N) is 3. The first-order chi connectivity index (χ1) is 7.06. The molecule has 82 valence electrons. The zero-order chi connectivity index (χ0) is 11.4. The number of carbonyl (C=O) groups excluding carboxylic acids is 1. The standard InChI is InChI=1S/C6H9N5O3S/c1-10-3-8-5(11(13)14)6(10)15-2-4(12)9-7/h3H,2,7H2,1H3,(H,9,12)/p+1. The lowest BCUT2D eigenvalue weighted by Gasteiger charge is -1.99. The number of hydrogen-bond donors (Lipinski definition) is 2. The number of imidazole rings is 1. The molecule has 0 atom stereocenters. The molecule has 4 N–H and O–H groups in total. The van der Waals surface area contributed by atoms with Gasteiger partial charge in [0, 0.05) is 7.05 Å². The van der Waals surface area contributed by atoms with Crippen LogP contribution in [0.5, 0.6) is 0 Å². The molecule has 0 aliphatic carbocycles. The van der Waals surface area contributed by atoms with E-state index >= 15 is 0 Å². The van der Waals surface area contributed by atoms with Crippen LogP contribution in [0.1, 0.15) is 0 Å². The van der Waals surface area contributed by atoms with Gasteiger partial charge in [-0.25, -0.2) is 5.43 Å². The Labute approximate surface area is 89.0 Å². The van der Waals surface area contributed by atoms with Crippen LogP contribution >= 0.6 is 11.8 Å². The molecule has 15 heavy (non-hydrogen) atoms. The highest BCUT2D eigenvalue weighted by atomic mass is 32.2. The van der Waals surface area contributed by atoms with E-state index in [0.717, 1.165) is 11.8 Å². The minimum absolute atomic E-state index is 0.0733. The summed E-state index contributed by atoms with van der Waals surface area (Å²) in [4.78, 5) is 24.5. The van der Waals surface area contributed by atoms with Crippen molar-refractivity contribution in [3.8, 4) is 0 Å². The first-order valence-corrected chi connectivity index (χ1v) is 4.89. The second-order valence-corrected chi connectivity index (χ2v) is 3.59. The van der Waals surface area contributed by atoms with Crippen LogP contribution in [0.25, 0.3) is 0 Å². The Balaban J connectivity index is 2.79. The summed E-state index contributed by atoms with van der Waals surface area (Å²) in [5, 5.41) is 10.9. The van der Waals surface area contributed by atoms with Gasteiger partial charge in [0.15, 0.2) is 5.03 Å². The van der Waals surface area contributed by atoms with E-state index in [-0.39, 0.29) is 17.5 Å². The lowest BCUT2D eigenvalue weighted by atomic mass is 10.7. The molecule has 0 aliphatic heterocycles. The van der Waals surface area contributed by atoms with Crippen molar-refractivity contribution in [3.05, 3.63) is 16.4 Å². The molecular weight excluding hydrogens is 222 g/mol. The highest BCUT2D eigenvalue weighted by molar-refractivity contribution is 8.00. The fourth-order valence-electron chi connectivity index (χ4n) is 0.883. The maximum Gasteiger partial charge on any atom is 0.395 e. The van der Waals surface area contributed by atoms with Gasteiger partial charge in [0.2, 0.25) is 6.33 Å². The van der Waals surface area contributed by atoms with Crippen molar-refractivity contribution in [1.82, 2.24) is 15.0 Å². The van der Waals surface area contributed by atoms with E-state index in [1.165, 1.54) is 10.9 Å². The van der Waals surface area contributed by atoms with Crippen LogP contribution in [0.3, 0.4) is 0 Å². The maximum absolute atomic E-state index is 10.9. The third-order valence-corrected chi connectivity index (χ3v) is 2.73. The molecule has 8 nitrogen and oxygen atoms in total. The molecule has 0 fully saturated rings. The van der Waals surface area contributed by atoms with Crippen LogP contribution < -0.4 is 11.3 Å². The molecule has 0 aliphatic rings. The first-order valence-electron chi connectivity index (χ1n) is 3.90. The summed E-state index contributed by atoms with van der Waals surface area (Å²) in [6.07, 6.45) is 1.34. The summed E-state index contributed by atoms with van der Waals surface area (Å²) in [6.45, 7) is 0. The summed E-state index contributed by atoms with van der Waals surface area (Å²) in [6, 6.07) is 0. The fourth-order valence-corrected chi connectivity index (χ4v) is 1.76. The molecule has 1 aromatic rings. The average molecular weight is 232 g/mol. The lowest BCUT2D eigenvalue weighted by molar-refractivity contribution is -0.426. The lowest BCUT2D eigenvalue weighted by Crippen LogP contribution is -2.67. The molecule has 0 saturated heterocycles. The van der Waals surface area contributed by atoms with Gasteiger partial charge in [0.25, 0.3) is 5.91 Å². The van der Waals surface area contributed by atoms with Crippen molar-refractivity contribution in [3.63, 3.8) is 0 Å². The average Bonchev–Trinajstić information content (AvgIpc) is 2.56. The van der Waals surface area contributed by atoms with Gasteiger partial charge in [-0.2, -0.15) is 0 Å². The largest absolute Gasteiger partial charge is 0.395 e. The molecule has 1 heterocycles. The SMILES string of the molecule is Cn1cnc([N+](=O)[O-])c1SCC(=O)N[NH3+]. The first kappa shape index (κ1) is 11.5. The van der Waals surface area contributed by atoms with Crippen LogP contribution in [-0.2, 0) is 11.8 Å². The Hall–Kier alpha value is -1.61. The number of quaternary nitrogens is 1. The Morgan fingerprint density at radius 1 is 1.87 bits per heavy atom. The van der Waals surface area contributed by atoms with Gasteiger partial charge in [0.05, 0.1) is 5.75 Å². The molecule has 0 bridgehead atoms. The molecule has 0 spiro atoms. The zero-order valence-electron chi connectivity index (χ0n) is 7.97. The van der Waals surface area contributed by atoms with E-state index in [4.69, 9.17) is 0 Å². The quantitative estimate of drug-likeness (QED) is 0.380. The second-order valence-electron chi connectivity index (χ2n) is 2.63. The van der Waals surface area contributed by atoms with E-state index in [0.29, 0.717) is 5.03 Å². The van der Waals surface area contributed by atoms with Crippen LogP contribution in [0.15, 0.2) is 11.4 Å².